The molecule has 0 spiro atoms. The van der Waals surface area contributed by atoms with Gasteiger partial charge in [0.05, 0.1) is 18.1 Å². The molecule has 8 nitrogen and oxygen atoms in total. The van der Waals surface area contributed by atoms with Gasteiger partial charge >= 0.3 is 0 Å². The molecule has 1 amide bonds. The summed E-state index contributed by atoms with van der Waals surface area (Å²) in [4.78, 5) is 24.3. The fourth-order valence-corrected chi connectivity index (χ4v) is 3.84. The van der Waals surface area contributed by atoms with Crippen molar-refractivity contribution in [3.63, 3.8) is 0 Å². The van der Waals surface area contributed by atoms with Gasteiger partial charge < -0.3 is 5.32 Å². The van der Waals surface area contributed by atoms with Gasteiger partial charge in [-0.05, 0) is 18.9 Å². The smallest absolute Gasteiger partial charge is 0.229 e. The average Bonchev–Trinajstić information content (AvgIpc) is 3.08. The Hall–Kier alpha value is -2.85. The molecule has 0 bridgehead atoms. The SMILES string of the molecule is O=C(Nc1nc2[nH]nc(-n3cncc3-c3cc(F)cnc3Cl)c2s1)C1CC1. The quantitative estimate of drug-likeness (QED) is 0.508. The maximum atomic E-state index is 13.6. The first-order valence-electron chi connectivity index (χ1n) is 8.10. The van der Waals surface area contributed by atoms with Crippen LogP contribution in [-0.4, -0.2) is 35.6 Å². The third kappa shape index (κ3) is 2.86. The summed E-state index contributed by atoms with van der Waals surface area (Å²) in [6, 6.07) is 1.29. The number of hydrogen-bond acceptors (Lipinski definition) is 6. The van der Waals surface area contributed by atoms with Crippen LogP contribution in [0, 0.1) is 11.7 Å². The van der Waals surface area contributed by atoms with Gasteiger partial charge in [-0.2, -0.15) is 5.10 Å². The standard InChI is InChI=1S/C16H11ClFN7OS/c17-12-9(3-8(18)4-20-12)10-5-19-6-25(10)14-11-13(23-24-14)21-16(27-11)22-15(26)7-1-2-7/h3-7H,1-2H2,(H2,21,22,23,24,26). The lowest BCUT2D eigenvalue weighted by Crippen LogP contribution is -2.12. The number of imidazole rings is 1. The normalized spacial score (nSPS) is 14.0. The van der Waals surface area contributed by atoms with Gasteiger partial charge in [0, 0.05) is 11.5 Å². The van der Waals surface area contributed by atoms with Crippen LogP contribution >= 0.6 is 22.9 Å². The first-order chi connectivity index (χ1) is 13.1. The zero-order valence-electron chi connectivity index (χ0n) is 13.6. The molecule has 4 heterocycles. The Labute approximate surface area is 160 Å². The van der Waals surface area contributed by atoms with E-state index in [4.69, 9.17) is 11.6 Å². The maximum Gasteiger partial charge on any atom is 0.229 e. The Morgan fingerprint density at radius 3 is 3.07 bits per heavy atom. The minimum Gasteiger partial charge on any atom is -0.302 e. The number of anilines is 1. The second-order valence-electron chi connectivity index (χ2n) is 6.15. The van der Waals surface area contributed by atoms with Gasteiger partial charge in [-0.25, -0.2) is 19.3 Å². The summed E-state index contributed by atoms with van der Waals surface area (Å²) in [5.41, 5.74) is 1.48. The highest BCUT2D eigenvalue weighted by Gasteiger charge is 2.30. The largest absolute Gasteiger partial charge is 0.302 e. The van der Waals surface area contributed by atoms with E-state index in [1.165, 1.54) is 17.4 Å². The first kappa shape index (κ1) is 16.3. The van der Waals surface area contributed by atoms with Crippen molar-refractivity contribution in [2.45, 2.75) is 12.8 Å². The molecule has 0 aliphatic heterocycles. The van der Waals surface area contributed by atoms with E-state index in [0.29, 0.717) is 27.9 Å². The molecular weight excluding hydrogens is 393 g/mol. The van der Waals surface area contributed by atoms with Crippen molar-refractivity contribution in [2.24, 2.45) is 5.92 Å². The van der Waals surface area contributed by atoms with Crippen LogP contribution < -0.4 is 5.32 Å². The van der Waals surface area contributed by atoms with E-state index in [1.54, 1.807) is 17.1 Å². The summed E-state index contributed by atoms with van der Waals surface area (Å²) in [6.07, 6.45) is 6.00. The van der Waals surface area contributed by atoms with Gasteiger partial charge in [0.25, 0.3) is 0 Å². The molecule has 4 aromatic heterocycles. The molecule has 1 saturated carbocycles. The number of thiazole rings is 1. The van der Waals surface area contributed by atoms with Crippen LogP contribution in [0.1, 0.15) is 12.8 Å². The van der Waals surface area contributed by atoms with Crippen LogP contribution in [0.2, 0.25) is 5.15 Å². The van der Waals surface area contributed by atoms with Crippen molar-refractivity contribution >= 4 is 44.3 Å². The Morgan fingerprint density at radius 2 is 2.26 bits per heavy atom. The molecule has 2 N–H and O–H groups in total. The summed E-state index contributed by atoms with van der Waals surface area (Å²) in [6.45, 7) is 0. The van der Waals surface area contributed by atoms with Crippen LogP contribution in [0.25, 0.3) is 27.4 Å². The number of rotatable bonds is 4. The Morgan fingerprint density at radius 1 is 1.41 bits per heavy atom. The van der Waals surface area contributed by atoms with Crippen molar-refractivity contribution in [1.29, 1.82) is 0 Å². The zero-order valence-corrected chi connectivity index (χ0v) is 15.2. The zero-order chi connectivity index (χ0) is 18.5. The van der Waals surface area contributed by atoms with Crippen molar-refractivity contribution in [3.05, 3.63) is 35.8 Å². The molecule has 0 radical (unpaired) electrons. The molecule has 27 heavy (non-hydrogen) atoms. The van der Waals surface area contributed by atoms with Crippen LogP contribution in [0.3, 0.4) is 0 Å². The molecule has 136 valence electrons. The highest BCUT2D eigenvalue weighted by atomic mass is 35.5. The first-order valence-corrected chi connectivity index (χ1v) is 9.29. The summed E-state index contributed by atoms with van der Waals surface area (Å²) >= 11 is 7.44. The number of H-pyrrole nitrogens is 1. The Kier molecular flexibility index (Phi) is 3.69. The Bertz CT molecular complexity index is 1180. The predicted octanol–water partition coefficient (Wildman–Crippen LogP) is 3.41. The van der Waals surface area contributed by atoms with E-state index < -0.39 is 5.82 Å². The number of fused-ring (bicyclic) bond motifs is 1. The maximum absolute atomic E-state index is 13.6. The molecule has 1 fully saturated rings. The van der Waals surface area contributed by atoms with Crippen LogP contribution in [0.15, 0.2) is 24.8 Å². The molecule has 4 aromatic rings. The summed E-state index contributed by atoms with van der Waals surface area (Å²) in [5.74, 6) is 0.106. The second-order valence-corrected chi connectivity index (χ2v) is 7.51. The fraction of sp³-hybridized carbons (Fsp3) is 0.188. The van der Waals surface area contributed by atoms with Crippen molar-refractivity contribution < 1.29 is 9.18 Å². The van der Waals surface area contributed by atoms with Crippen LogP contribution in [0.4, 0.5) is 9.52 Å². The number of pyridine rings is 1. The number of nitrogens with zero attached hydrogens (tertiary/aromatic N) is 5. The third-order valence-corrected chi connectivity index (χ3v) is 5.49. The van der Waals surface area contributed by atoms with Crippen LogP contribution in [-0.2, 0) is 4.79 Å². The van der Waals surface area contributed by atoms with E-state index in [1.807, 2.05) is 0 Å². The number of aromatic nitrogens is 6. The highest BCUT2D eigenvalue weighted by molar-refractivity contribution is 7.22. The predicted molar refractivity (Wildman–Crippen MR) is 98.4 cm³/mol. The van der Waals surface area contributed by atoms with Gasteiger partial charge in [-0.3, -0.25) is 14.5 Å². The van der Waals surface area contributed by atoms with E-state index in [9.17, 15) is 9.18 Å². The molecule has 11 heteroatoms. The number of amides is 1. The average molecular weight is 404 g/mol. The minimum atomic E-state index is -0.503. The van der Waals surface area contributed by atoms with Gasteiger partial charge in [0.1, 0.15) is 22.0 Å². The van der Waals surface area contributed by atoms with Gasteiger partial charge in [0.15, 0.2) is 16.6 Å². The third-order valence-electron chi connectivity index (χ3n) is 4.22. The molecule has 1 aliphatic rings. The molecule has 5 rings (SSSR count). The molecule has 0 saturated heterocycles. The monoisotopic (exact) mass is 403 g/mol. The lowest BCUT2D eigenvalue weighted by Gasteiger charge is -2.06. The molecular formula is C16H11ClFN7OS. The lowest BCUT2D eigenvalue weighted by molar-refractivity contribution is -0.117. The number of halogens is 2. The molecule has 0 aromatic carbocycles. The molecule has 1 aliphatic carbocycles. The summed E-state index contributed by atoms with van der Waals surface area (Å²) in [7, 11) is 0. The lowest BCUT2D eigenvalue weighted by atomic mass is 10.2. The number of carbonyl (C=O) groups is 1. The van der Waals surface area contributed by atoms with Crippen LogP contribution in [0.5, 0.6) is 0 Å². The van der Waals surface area contributed by atoms with E-state index >= 15 is 0 Å². The summed E-state index contributed by atoms with van der Waals surface area (Å²) < 4.78 is 16.0. The summed E-state index contributed by atoms with van der Waals surface area (Å²) in [5, 5.41) is 10.6. The topological polar surface area (TPSA) is 101 Å². The van der Waals surface area contributed by atoms with Gasteiger partial charge in [0.2, 0.25) is 5.91 Å². The van der Waals surface area contributed by atoms with Crippen molar-refractivity contribution in [1.82, 2.24) is 29.7 Å². The van der Waals surface area contributed by atoms with E-state index in [-0.39, 0.29) is 17.0 Å². The van der Waals surface area contributed by atoms with Gasteiger partial charge in [-0.15, -0.1) is 0 Å². The van der Waals surface area contributed by atoms with Crippen molar-refractivity contribution in [3.8, 4) is 17.1 Å². The number of hydrogen-bond donors (Lipinski definition) is 2. The second kappa shape index (κ2) is 6.10. The van der Waals surface area contributed by atoms with E-state index in [0.717, 1.165) is 23.7 Å². The number of carbonyl (C=O) groups excluding carboxylic acids is 1. The van der Waals surface area contributed by atoms with E-state index in [2.05, 4.69) is 30.5 Å². The highest BCUT2D eigenvalue weighted by Crippen LogP contribution is 2.35. The molecule has 0 unspecified atom stereocenters. The number of aromatic amines is 1. The minimum absolute atomic E-state index is 0.0122. The number of nitrogens with one attached hydrogen (secondary N) is 2. The fourth-order valence-electron chi connectivity index (χ4n) is 2.74. The molecule has 0 atom stereocenters. The van der Waals surface area contributed by atoms with Gasteiger partial charge in [-0.1, -0.05) is 22.9 Å². The Balaban J connectivity index is 1.56. The van der Waals surface area contributed by atoms with Crippen molar-refractivity contribution in [2.75, 3.05) is 5.32 Å².